The van der Waals surface area contributed by atoms with Gasteiger partial charge in [-0.3, -0.25) is 19.8 Å². The number of benzene rings is 3. The number of hydrogen-bond donors (Lipinski definition) is 0. The first kappa shape index (κ1) is 25.3. The monoisotopic (exact) mass is 546 g/mol. The summed E-state index contributed by atoms with van der Waals surface area (Å²) in [6.07, 6.45) is 1.49. The lowest BCUT2D eigenvalue weighted by Crippen LogP contribution is -2.28. The molecule has 3 aromatic carbocycles. The molecule has 1 saturated heterocycles. The highest BCUT2D eigenvalue weighted by Crippen LogP contribution is 2.38. The number of ether oxygens (including phenoxy) is 1. The fourth-order valence-corrected chi connectivity index (χ4v) is 5.68. The number of hydrogen-bond acceptors (Lipinski definition) is 9. The minimum Gasteiger partial charge on any atom is -0.493 e. The summed E-state index contributed by atoms with van der Waals surface area (Å²) < 4.78 is 50.2. The average molecular weight is 547 g/mol. The molecule has 4 rings (SSSR count). The fraction of sp³-hybridized carbons (Fsp3) is 0.0435. The van der Waals surface area contributed by atoms with Crippen LogP contribution in [-0.2, 0) is 14.9 Å². The van der Waals surface area contributed by atoms with Crippen molar-refractivity contribution in [3.63, 3.8) is 0 Å². The molecule has 0 bridgehead atoms. The number of nitrogens with zero attached hydrogens (tertiary/aromatic N) is 2. The molecule has 0 spiro atoms. The summed E-state index contributed by atoms with van der Waals surface area (Å²) in [4.78, 5) is 24.0. The van der Waals surface area contributed by atoms with Gasteiger partial charge in [0.2, 0.25) is 0 Å². The Morgan fingerprint density at radius 3 is 2.47 bits per heavy atom. The van der Waals surface area contributed by atoms with Crippen LogP contribution in [0.1, 0.15) is 5.56 Å². The first-order valence-electron chi connectivity index (χ1n) is 10.0. The second kappa shape index (κ2) is 10.0. The van der Waals surface area contributed by atoms with E-state index in [1.54, 1.807) is 6.07 Å². The smallest absolute Gasteiger partial charge is 0.346 e. The second-order valence-corrected chi connectivity index (χ2v) is 10.3. The second-order valence-electron chi connectivity index (χ2n) is 7.14. The largest absolute Gasteiger partial charge is 0.493 e. The average Bonchev–Trinajstić information content (AvgIpc) is 3.12. The number of nitro benzene ring substituents is 1. The molecule has 1 fully saturated rings. The third-order valence-electron chi connectivity index (χ3n) is 4.90. The molecular formula is C23H15FN2O7S3. The van der Waals surface area contributed by atoms with Crippen LogP contribution in [0.25, 0.3) is 6.08 Å². The molecule has 0 aromatic heterocycles. The molecule has 13 heteroatoms. The van der Waals surface area contributed by atoms with Crippen molar-refractivity contribution in [2.24, 2.45) is 0 Å². The van der Waals surface area contributed by atoms with Crippen molar-refractivity contribution in [1.29, 1.82) is 0 Å². The minimum absolute atomic E-state index is 0.00417. The summed E-state index contributed by atoms with van der Waals surface area (Å²) in [5, 5.41) is 11.2. The molecule has 0 saturated carbocycles. The van der Waals surface area contributed by atoms with Crippen molar-refractivity contribution in [2.75, 3.05) is 12.0 Å². The van der Waals surface area contributed by atoms with Crippen LogP contribution in [0.2, 0.25) is 0 Å². The molecule has 0 radical (unpaired) electrons. The Morgan fingerprint density at radius 2 is 1.78 bits per heavy atom. The van der Waals surface area contributed by atoms with Gasteiger partial charge in [0, 0.05) is 6.07 Å². The van der Waals surface area contributed by atoms with Crippen molar-refractivity contribution in [3.05, 3.63) is 93.1 Å². The first-order valence-corrected chi connectivity index (χ1v) is 12.6. The van der Waals surface area contributed by atoms with Crippen molar-refractivity contribution in [1.82, 2.24) is 0 Å². The number of para-hydroxylation sites is 2. The lowest BCUT2D eigenvalue weighted by atomic mass is 10.2. The molecule has 1 aliphatic heterocycles. The van der Waals surface area contributed by atoms with E-state index in [0.29, 0.717) is 5.56 Å². The summed E-state index contributed by atoms with van der Waals surface area (Å²) in [5.41, 5.74) is -0.161. The van der Waals surface area contributed by atoms with Crippen molar-refractivity contribution < 1.29 is 31.4 Å². The maximum Gasteiger partial charge on any atom is 0.346 e. The molecule has 184 valence electrons. The molecule has 1 amide bonds. The third kappa shape index (κ3) is 4.94. The number of rotatable bonds is 7. The third-order valence-corrected chi connectivity index (χ3v) is 7.49. The van der Waals surface area contributed by atoms with Crippen LogP contribution in [0, 0.1) is 15.9 Å². The number of thioether (sulfide) groups is 1. The van der Waals surface area contributed by atoms with Gasteiger partial charge in [0.05, 0.1) is 22.6 Å². The predicted octanol–water partition coefficient (Wildman–Crippen LogP) is 4.92. The van der Waals surface area contributed by atoms with Gasteiger partial charge in [-0.2, -0.15) is 8.42 Å². The van der Waals surface area contributed by atoms with Crippen LogP contribution >= 0.6 is 24.0 Å². The van der Waals surface area contributed by atoms with Crippen molar-refractivity contribution in [3.8, 4) is 11.5 Å². The number of methoxy groups -OCH3 is 1. The highest BCUT2D eigenvalue weighted by atomic mass is 32.2. The van der Waals surface area contributed by atoms with Gasteiger partial charge >= 0.3 is 10.1 Å². The number of carbonyl (C=O) groups is 1. The topological polar surface area (TPSA) is 116 Å². The van der Waals surface area contributed by atoms with Crippen LogP contribution in [0.15, 0.2) is 76.5 Å². The minimum atomic E-state index is -4.57. The van der Waals surface area contributed by atoms with Crippen LogP contribution in [-0.4, -0.2) is 30.7 Å². The van der Waals surface area contributed by atoms with E-state index in [1.165, 1.54) is 61.7 Å². The van der Waals surface area contributed by atoms with E-state index in [9.17, 15) is 27.7 Å². The maximum atomic E-state index is 14.2. The van der Waals surface area contributed by atoms with E-state index >= 15 is 0 Å². The van der Waals surface area contributed by atoms with Crippen LogP contribution in [0.5, 0.6) is 11.5 Å². The van der Waals surface area contributed by atoms with Crippen molar-refractivity contribution in [2.45, 2.75) is 4.90 Å². The molecule has 0 N–H and O–H groups in total. The normalized spacial score (nSPS) is 14.8. The lowest BCUT2D eigenvalue weighted by Gasteiger charge is -2.14. The summed E-state index contributed by atoms with van der Waals surface area (Å²) in [7, 11) is -3.29. The van der Waals surface area contributed by atoms with Gasteiger partial charge in [-0.05, 0) is 42.0 Å². The molecule has 0 unspecified atom stereocenters. The van der Waals surface area contributed by atoms with E-state index in [2.05, 4.69) is 0 Å². The summed E-state index contributed by atoms with van der Waals surface area (Å²) in [6, 6.07) is 14.7. The zero-order valence-electron chi connectivity index (χ0n) is 18.3. The number of thiocarbonyl (C=S) groups is 1. The predicted molar refractivity (Wildman–Crippen MR) is 136 cm³/mol. The van der Waals surface area contributed by atoms with Gasteiger partial charge in [-0.15, -0.1) is 0 Å². The zero-order valence-corrected chi connectivity index (χ0v) is 20.7. The molecule has 1 heterocycles. The van der Waals surface area contributed by atoms with Gasteiger partial charge < -0.3 is 8.92 Å². The van der Waals surface area contributed by atoms with Gasteiger partial charge in [-0.1, -0.05) is 54.3 Å². The summed E-state index contributed by atoms with van der Waals surface area (Å²) >= 11 is 6.24. The summed E-state index contributed by atoms with van der Waals surface area (Å²) in [5.74, 6) is -1.34. The van der Waals surface area contributed by atoms with Crippen molar-refractivity contribution >= 4 is 61.8 Å². The SMILES string of the molecule is COc1cc(/C=C2/SC(=S)N(c3ccccc3F)C2=O)ccc1OS(=O)(=O)c1ccccc1[N+](=O)[O-]. The van der Waals surface area contributed by atoms with Gasteiger partial charge in [-0.25, -0.2) is 4.39 Å². The first-order chi connectivity index (χ1) is 17.1. The molecule has 9 nitrogen and oxygen atoms in total. The number of carbonyl (C=O) groups excluding carboxylic acids is 1. The van der Waals surface area contributed by atoms with Gasteiger partial charge in [0.25, 0.3) is 11.6 Å². The molecular weight excluding hydrogens is 531 g/mol. The Morgan fingerprint density at radius 1 is 1.08 bits per heavy atom. The van der Waals surface area contributed by atoms with E-state index < -0.39 is 37.3 Å². The van der Waals surface area contributed by atoms with Gasteiger partial charge in [0.1, 0.15) is 5.82 Å². The quantitative estimate of drug-likeness (QED) is 0.134. The lowest BCUT2D eigenvalue weighted by molar-refractivity contribution is -0.387. The number of anilines is 1. The molecule has 0 aliphatic carbocycles. The Labute approximate surface area is 214 Å². The standard InChI is InChI=1S/C23H15FN2O7S3/c1-32-19-12-14(13-20-22(27)25(23(34)35-20)16-7-3-2-6-15(16)24)10-11-18(19)33-36(30,31)21-9-5-4-8-17(21)26(28)29/h2-13H,1H3/b20-13+. The van der Waals surface area contributed by atoms with E-state index in [0.717, 1.165) is 28.8 Å². The highest BCUT2D eigenvalue weighted by molar-refractivity contribution is 8.27. The van der Waals surface area contributed by atoms with Gasteiger partial charge in [0.15, 0.2) is 20.7 Å². The van der Waals surface area contributed by atoms with E-state index in [4.69, 9.17) is 21.1 Å². The Balaban J connectivity index is 1.63. The zero-order chi connectivity index (χ0) is 26.0. The van der Waals surface area contributed by atoms with Crippen LogP contribution < -0.4 is 13.8 Å². The maximum absolute atomic E-state index is 14.2. The molecule has 1 aliphatic rings. The number of amides is 1. The number of halogens is 1. The Kier molecular flexibility index (Phi) is 7.06. The Bertz CT molecular complexity index is 1540. The van der Waals surface area contributed by atoms with Crippen LogP contribution in [0.3, 0.4) is 0 Å². The van der Waals surface area contributed by atoms with E-state index in [-0.39, 0.29) is 26.4 Å². The number of nitro groups is 1. The fourth-order valence-electron chi connectivity index (χ4n) is 3.29. The molecule has 36 heavy (non-hydrogen) atoms. The van der Waals surface area contributed by atoms with E-state index in [1.807, 2.05) is 0 Å². The Hall–Kier alpha value is -3.81. The highest BCUT2D eigenvalue weighted by Gasteiger charge is 2.35. The molecule has 3 aromatic rings. The molecule has 0 atom stereocenters. The summed E-state index contributed by atoms with van der Waals surface area (Å²) in [6.45, 7) is 0. The van der Waals surface area contributed by atoms with Crippen LogP contribution in [0.4, 0.5) is 15.8 Å².